The number of hydrogen-bond donors (Lipinski definition) is 3. The Morgan fingerprint density at radius 1 is 0.919 bits per heavy atom. The summed E-state index contributed by atoms with van der Waals surface area (Å²) < 4.78 is 51.6. The van der Waals surface area contributed by atoms with Crippen molar-refractivity contribution in [2.75, 3.05) is 12.3 Å². The second-order valence-electron chi connectivity index (χ2n) is 8.86. The summed E-state index contributed by atoms with van der Waals surface area (Å²) >= 11 is 0. The van der Waals surface area contributed by atoms with Gasteiger partial charge in [-0.25, -0.2) is 17.2 Å². The lowest BCUT2D eigenvalue weighted by atomic mass is 10.00. The number of sulfone groups is 1. The zero-order valence-corrected chi connectivity index (χ0v) is 21.7. The van der Waals surface area contributed by atoms with Gasteiger partial charge in [0.2, 0.25) is 0 Å². The lowest BCUT2D eigenvalue weighted by Gasteiger charge is -2.25. The number of aliphatic hydroxyl groups excluding tert-OH is 1. The Morgan fingerprint density at radius 3 is 2.19 bits per heavy atom. The van der Waals surface area contributed by atoms with Crippen molar-refractivity contribution in [1.29, 1.82) is 0 Å². The minimum Gasteiger partial charge on any atom is -0.390 e. The Bertz CT molecular complexity index is 1290. The fourth-order valence-electron chi connectivity index (χ4n) is 3.96. The SMILES string of the molecule is CCc1cccc(CNC[C@@H](O)[C@H](Cc2cc(F)cc(F)c2)NC(=O)c2ccc(S(=O)(=O)CC)cc2)c1. The van der Waals surface area contributed by atoms with Gasteiger partial charge >= 0.3 is 0 Å². The summed E-state index contributed by atoms with van der Waals surface area (Å²) in [7, 11) is -3.41. The maximum absolute atomic E-state index is 13.8. The van der Waals surface area contributed by atoms with E-state index in [0.717, 1.165) is 30.2 Å². The molecule has 0 bridgehead atoms. The molecule has 0 aromatic heterocycles. The van der Waals surface area contributed by atoms with E-state index in [1.807, 2.05) is 18.2 Å². The number of halogens is 2. The van der Waals surface area contributed by atoms with Gasteiger partial charge in [0.25, 0.3) is 5.91 Å². The molecular weight excluding hydrogens is 498 g/mol. The second-order valence-corrected chi connectivity index (χ2v) is 11.1. The largest absolute Gasteiger partial charge is 0.390 e. The molecule has 0 saturated carbocycles. The standard InChI is InChI=1S/C28H32F2N2O4S/c1-3-19-6-5-7-20(12-19)17-31-18-27(33)26(15-21-13-23(29)16-24(30)14-21)32-28(34)22-8-10-25(11-9-22)37(35,36)4-2/h5-14,16,26-27,31,33H,3-4,15,17-18H2,1-2H3,(H,32,34)/t26-,27+/m0/s1. The summed E-state index contributed by atoms with van der Waals surface area (Å²) in [5.74, 6) is -2.11. The molecule has 3 aromatic rings. The zero-order valence-electron chi connectivity index (χ0n) is 20.9. The van der Waals surface area contributed by atoms with E-state index >= 15 is 0 Å². The predicted molar refractivity (Wildman–Crippen MR) is 139 cm³/mol. The van der Waals surface area contributed by atoms with Gasteiger partial charge in [-0.05, 0) is 65.9 Å². The van der Waals surface area contributed by atoms with Crippen LogP contribution in [0.3, 0.4) is 0 Å². The van der Waals surface area contributed by atoms with Crippen molar-refractivity contribution in [3.05, 3.63) is 101 Å². The van der Waals surface area contributed by atoms with Gasteiger partial charge in [0.05, 0.1) is 22.8 Å². The number of aliphatic hydroxyl groups is 1. The first-order valence-electron chi connectivity index (χ1n) is 12.2. The summed E-state index contributed by atoms with van der Waals surface area (Å²) in [5.41, 5.74) is 2.71. The molecule has 0 spiro atoms. The van der Waals surface area contributed by atoms with Crippen molar-refractivity contribution in [2.24, 2.45) is 0 Å². The van der Waals surface area contributed by atoms with Crippen LogP contribution in [0.1, 0.15) is 40.9 Å². The second kappa shape index (κ2) is 12.9. The van der Waals surface area contributed by atoms with E-state index in [2.05, 4.69) is 23.6 Å². The number of benzene rings is 3. The molecule has 3 aromatic carbocycles. The third kappa shape index (κ3) is 8.18. The third-order valence-electron chi connectivity index (χ3n) is 6.10. The van der Waals surface area contributed by atoms with Gasteiger partial charge in [0.15, 0.2) is 9.84 Å². The molecule has 6 nitrogen and oxygen atoms in total. The number of hydrogen-bond acceptors (Lipinski definition) is 5. The van der Waals surface area contributed by atoms with Crippen LogP contribution in [0.25, 0.3) is 0 Å². The molecule has 37 heavy (non-hydrogen) atoms. The normalized spacial score (nSPS) is 13.2. The molecule has 0 unspecified atom stereocenters. The molecule has 0 aliphatic carbocycles. The number of carbonyl (C=O) groups is 1. The van der Waals surface area contributed by atoms with Gasteiger partial charge in [-0.1, -0.05) is 38.1 Å². The molecule has 9 heteroatoms. The molecule has 3 N–H and O–H groups in total. The molecule has 1 amide bonds. The summed E-state index contributed by atoms with van der Waals surface area (Å²) in [6.07, 6.45) is -0.193. The lowest BCUT2D eigenvalue weighted by molar-refractivity contribution is 0.0829. The lowest BCUT2D eigenvalue weighted by Crippen LogP contribution is -2.48. The Labute approximate surface area is 216 Å². The van der Waals surface area contributed by atoms with E-state index < -0.39 is 39.5 Å². The van der Waals surface area contributed by atoms with Crippen LogP contribution < -0.4 is 10.6 Å². The molecule has 0 aliphatic rings. The molecule has 2 atom stereocenters. The van der Waals surface area contributed by atoms with Gasteiger partial charge in [0, 0.05) is 24.7 Å². The topological polar surface area (TPSA) is 95.5 Å². The number of carbonyl (C=O) groups excluding carboxylic acids is 1. The van der Waals surface area contributed by atoms with Crippen LogP contribution in [0.4, 0.5) is 8.78 Å². The highest BCUT2D eigenvalue weighted by Crippen LogP contribution is 2.15. The summed E-state index contributed by atoms with van der Waals surface area (Å²) in [5, 5.41) is 16.8. The molecule has 198 valence electrons. The molecular formula is C28H32F2N2O4S. The first-order chi connectivity index (χ1) is 17.6. The average molecular weight is 531 g/mol. The number of nitrogens with one attached hydrogen (secondary N) is 2. The first kappa shape index (κ1) is 28.4. The van der Waals surface area contributed by atoms with E-state index in [-0.39, 0.29) is 34.7 Å². The smallest absolute Gasteiger partial charge is 0.251 e. The Morgan fingerprint density at radius 2 is 1.57 bits per heavy atom. The molecule has 3 rings (SSSR count). The maximum atomic E-state index is 13.8. The van der Waals surface area contributed by atoms with E-state index in [9.17, 15) is 27.1 Å². The Hall–Kier alpha value is -3.14. The van der Waals surface area contributed by atoms with E-state index in [4.69, 9.17) is 0 Å². The van der Waals surface area contributed by atoms with E-state index in [1.54, 1.807) is 0 Å². The molecule has 0 fully saturated rings. The van der Waals surface area contributed by atoms with E-state index in [1.165, 1.54) is 36.8 Å². The Balaban J connectivity index is 1.73. The fraction of sp³-hybridized carbons (Fsp3) is 0.321. The van der Waals surface area contributed by atoms with Crippen molar-refractivity contribution >= 4 is 15.7 Å². The zero-order chi connectivity index (χ0) is 27.0. The minimum atomic E-state index is -3.41. The summed E-state index contributed by atoms with van der Waals surface area (Å²) in [6.45, 7) is 4.21. The highest BCUT2D eigenvalue weighted by Gasteiger charge is 2.23. The molecule has 0 radical (unpaired) electrons. The van der Waals surface area contributed by atoms with Crippen molar-refractivity contribution in [3.63, 3.8) is 0 Å². The van der Waals surface area contributed by atoms with Crippen LogP contribution in [0.5, 0.6) is 0 Å². The third-order valence-corrected chi connectivity index (χ3v) is 7.85. The van der Waals surface area contributed by atoms with Gasteiger partial charge in [0.1, 0.15) is 11.6 Å². The molecule has 0 aliphatic heterocycles. The van der Waals surface area contributed by atoms with Gasteiger partial charge in [-0.2, -0.15) is 0 Å². The fourth-order valence-corrected chi connectivity index (χ4v) is 4.85. The van der Waals surface area contributed by atoms with Crippen LogP contribution in [-0.2, 0) is 29.2 Å². The van der Waals surface area contributed by atoms with Crippen LogP contribution in [0.2, 0.25) is 0 Å². The van der Waals surface area contributed by atoms with Crippen molar-refractivity contribution in [3.8, 4) is 0 Å². The van der Waals surface area contributed by atoms with Gasteiger partial charge in [-0.15, -0.1) is 0 Å². The molecule has 0 heterocycles. The summed E-state index contributed by atoms with van der Waals surface area (Å²) in [6, 6.07) is 15.7. The predicted octanol–water partition coefficient (Wildman–Crippen LogP) is 3.81. The first-order valence-corrected chi connectivity index (χ1v) is 13.8. The average Bonchev–Trinajstić information content (AvgIpc) is 2.87. The quantitative estimate of drug-likeness (QED) is 0.331. The van der Waals surface area contributed by atoms with Crippen LogP contribution in [0.15, 0.2) is 71.6 Å². The van der Waals surface area contributed by atoms with Gasteiger partial charge < -0.3 is 15.7 Å². The number of amides is 1. The van der Waals surface area contributed by atoms with Crippen LogP contribution in [-0.4, -0.2) is 43.9 Å². The van der Waals surface area contributed by atoms with Crippen LogP contribution >= 0.6 is 0 Å². The minimum absolute atomic E-state index is 0.0170. The highest BCUT2D eigenvalue weighted by molar-refractivity contribution is 7.91. The van der Waals surface area contributed by atoms with E-state index in [0.29, 0.717) is 6.54 Å². The molecule has 0 saturated heterocycles. The number of rotatable bonds is 12. The monoisotopic (exact) mass is 530 g/mol. The highest BCUT2D eigenvalue weighted by atomic mass is 32.2. The van der Waals surface area contributed by atoms with Gasteiger partial charge in [-0.3, -0.25) is 4.79 Å². The number of aryl methyl sites for hydroxylation is 1. The van der Waals surface area contributed by atoms with Crippen molar-refractivity contribution < 1.29 is 27.1 Å². The van der Waals surface area contributed by atoms with Crippen molar-refractivity contribution in [2.45, 2.75) is 50.3 Å². The summed E-state index contributed by atoms with van der Waals surface area (Å²) in [4.78, 5) is 13.0. The van der Waals surface area contributed by atoms with Crippen LogP contribution in [0, 0.1) is 11.6 Å². The van der Waals surface area contributed by atoms with Crippen molar-refractivity contribution in [1.82, 2.24) is 10.6 Å². The Kier molecular flexibility index (Phi) is 9.91. The maximum Gasteiger partial charge on any atom is 0.251 e.